The molecular weight excluding hydrogens is 180 g/mol. The molecule has 0 aliphatic carbocycles. The van der Waals surface area contributed by atoms with E-state index in [0.717, 1.165) is 5.56 Å². The summed E-state index contributed by atoms with van der Waals surface area (Å²) in [5.41, 5.74) is 5.99. The van der Waals surface area contributed by atoms with Gasteiger partial charge in [-0.05, 0) is 5.56 Å². The molecule has 4 nitrogen and oxygen atoms in total. The maximum Gasteiger partial charge on any atom is 0.247 e. The van der Waals surface area contributed by atoms with Crippen LogP contribution in [0.2, 0.25) is 0 Å². The summed E-state index contributed by atoms with van der Waals surface area (Å²) in [7, 11) is 0. The van der Waals surface area contributed by atoms with E-state index in [1.165, 1.54) is 0 Å². The number of primary amides is 1. The normalized spacial score (nSPS) is 12.4. The van der Waals surface area contributed by atoms with Crippen LogP contribution in [-0.2, 0) is 11.3 Å². The van der Waals surface area contributed by atoms with Gasteiger partial charge in [0.2, 0.25) is 5.91 Å². The molecule has 0 aliphatic rings. The second-order valence-electron chi connectivity index (χ2n) is 3.03. The zero-order valence-corrected chi connectivity index (χ0v) is 7.81. The average molecular weight is 194 g/mol. The molecule has 0 unspecified atom stereocenters. The van der Waals surface area contributed by atoms with Gasteiger partial charge in [0.05, 0.1) is 0 Å². The van der Waals surface area contributed by atoms with Crippen molar-refractivity contribution in [3.8, 4) is 0 Å². The van der Waals surface area contributed by atoms with Gasteiger partial charge in [-0.1, -0.05) is 30.3 Å². The van der Waals surface area contributed by atoms with E-state index in [0.29, 0.717) is 6.54 Å². The van der Waals surface area contributed by atoms with Crippen LogP contribution in [0.1, 0.15) is 5.56 Å². The Morgan fingerprint density at radius 3 is 2.64 bits per heavy atom. The zero-order valence-electron chi connectivity index (χ0n) is 7.81. The van der Waals surface area contributed by atoms with Crippen LogP contribution in [0.25, 0.3) is 0 Å². The van der Waals surface area contributed by atoms with E-state index in [4.69, 9.17) is 10.8 Å². The number of nitrogens with one attached hydrogen (secondary N) is 1. The molecule has 4 heteroatoms. The molecule has 1 aromatic rings. The first-order valence-electron chi connectivity index (χ1n) is 4.42. The Morgan fingerprint density at radius 1 is 1.43 bits per heavy atom. The topological polar surface area (TPSA) is 75.4 Å². The fraction of sp³-hybridized carbons (Fsp3) is 0.300. The predicted octanol–water partition coefficient (Wildman–Crippen LogP) is -0.378. The molecule has 1 rings (SSSR count). The summed E-state index contributed by atoms with van der Waals surface area (Å²) < 4.78 is 0. The molecule has 0 aromatic heterocycles. The van der Waals surface area contributed by atoms with Gasteiger partial charge in [0.15, 0.2) is 0 Å². The summed E-state index contributed by atoms with van der Waals surface area (Å²) in [4.78, 5) is 10.5. The first kappa shape index (κ1) is 10.7. The van der Waals surface area contributed by atoms with Gasteiger partial charge in [0.1, 0.15) is 6.10 Å². The maximum absolute atomic E-state index is 10.5. The van der Waals surface area contributed by atoms with Crippen molar-refractivity contribution in [1.82, 2.24) is 5.32 Å². The fourth-order valence-electron chi connectivity index (χ4n) is 1.05. The van der Waals surface area contributed by atoms with Crippen molar-refractivity contribution in [3.05, 3.63) is 35.9 Å². The molecule has 0 heterocycles. The van der Waals surface area contributed by atoms with E-state index in [1.807, 2.05) is 30.3 Å². The number of aliphatic hydroxyl groups excluding tert-OH is 1. The third kappa shape index (κ3) is 3.55. The molecule has 0 saturated heterocycles. The number of hydrogen-bond acceptors (Lipinski definition) is 3. The largest absolute Gasteiger partial charge is 0.382 e. The smallest absolute Gasteiger partial charge is 0.247 e. The minimum absolute atomic E-state index is 0.185. The Bertz CT molecular complexity index is 287. The third-order valence-corrected chi connectivity index (χ3v) is 1.84. The molecule has 0 aliphatic heterocycles. The van der Waals surface area contributed by atoms with Crippen molar-refractivity contribution in [2.75, 3.05) is 6.54 Å². The monoisotopic (exact) mass is 194 g/mol. The zero-order chi connectivity index (χ0) is 10.4. The molecule has 0 spiro atoms. The Kier molecular flexibility index (Phi) is 4.10. The van der Waals surface area contributed by atoms with Gasteiger partial charge < -0.3 is 16.2 Å². The minimum Gasteiger partial charge on any atom is -0.382 e. The minimum atomic E-state index is -1.11. The molecule has 0 radical (unpaired) electrons. The third-order valence-electron chi connectivity index (χ3n) is 1.84. The molecule has 14 heavy (non-hydrogen) atoms. The van der Waals surface area contributed by atoms with Gasteiger partial charge in [-0.15, -0.1) is 0 Å². The van der Waals surface area contributed by atoms with Gasteiger partial charge in [-0.25, -0.2) is 0 Å². The first-order chi connectivity index (χ1) is 6.70. The lowest BCUT2D eigenvalue weighted by Gasteiger charge is -2.07. The summed E-state index contributed by atoms with van der Waals surface area (Å²) in [6, 6.07) is 9.72. The Balaban J connectivity index is 2.26. The van der Waals surface area contributed by atoms with E-state index in [1.54, 1.807) is 0 Å². The van der Waals surface area contributed by atoms with Crippen molar-refractivity contribution in [2.45, 2.75) is 12.6 Å². The van der Waals surface area contributed by atoms with Crippen molar-refractivity contribution < 1.29 is 9.90 Å². The number of carbonyl (C=O) groups is 1. The highest BCUT2D eigenvalue weighted by atomic mass is 16.3. The second-order valence-corrected chi connectivity index (χ2v) is 3.03. The number of rotatable bonds is 5. The van der Waals surface area contributed by atoms with Crippen LogP contribution in [0, 0.1) is 0 Å². The van der Waals surface area contributed by atoms with Gasteiger partial charge in [0.25, 0.3) is 0 Å². The number of hydrogen-bond donors (Lipinski definition) is 3. The Labute approximate surface area is 82.7 Å². The molecule has 0 fully saturated rings. The van der Waals surface area contributed by atoms with E-state index in [-0.39, 0.29) is 6.54 Å². The lowest BCUT2D eigenvalue weighted by molar-refractivity contribution is -0.125. The number of benzene rings is 1. The van der Waals surface area contributed by atoms with Crippen LogP contribution in [-0.4, -0.2) is 23.7 Å². The van der Waals surface area contributed by atoms with Crippen LogP contribution < -0.4 is 11.1 Å². The van der Waals surface area contributed by atoms with E-state index in [2.05, 4.69) is 5.32 Å². The summed E-state index contributed by atoms with van der Waals surface area (Å²) in [5, 5.41) is 12.0. The van der Waals surface area contributed by atoms with E-state index in [9.17, 15) is 4.79 Å². The quantitative estimate of drug-likeness (QED) is 0.598. The highest BCUT2D eigenvalue weighted by molar-refractivity contribution is 5.78. The number of carbonyl (C=O) groups excluding carboxylic acids is 1. The van der Waals surface area contributed by atoms with Gasteiger partial charge in [-0.2, -0.15) is 0 Å². The van der Waals surface area contributed by atoms with Gasteiger partial charge in [0, 0.05) is 13.1 Å². The Hall–Kier alpha value is -1.39. The molecule has 0 bridgehead atoms. The molecule has 1 aromatic carbocycles. The van der Waals surface area contributed by atoms with Crippen molar-refractivity contribution in [1.29, 1.82) is 0 Å². The average Bonchev–Trinajstić information content (AvgIpc) is 2.19. The number of amides is 1. The molecule has 1 amide bonds. The maximum atomic E-state index is 10.5. The molecule has 1 atom stereocenters. The SMILES string of the molecule is NC(=O)[C@H](O)CNCc1ccccc1. The van der Waals surface area contributed by atoms with Crippen LogP contribution in [0.3, 0.4) is 0 Å². The van der Waals surface area contributed by atoms with Gasteiger partial charge >= 0.3 is 0 Å². The van der Waals surface area contributed by atoms with Crippen molar-refractivity contribution >= 4 is 5.91 Å². The Morgan fingerprint density at radius 2 is 2.07 bits per heavy atom. The van der Waals surface area contributed by atoms with Crippen LogP contribution >= 0.6 is 0 Å². The highest BCUT2D eigenvalue weighted by Gasteiger charge is 2.08. The summed E-state index contributed by atoms with van der Waals surface area (Å²) >= 11 is 0. The summed E-state index contributed by atoms with van der Waals surface area (Å²) in [6.07, 6.45) is -1.11. The number of nitrogens with two attached hydrogens (primary N) is 1. The van der Waals surface area contributed by atoms with Crippen molar-refractivity contribution in [2.24, 2.45) is 5.73 Å². The number of aliphatic hydroxyl groups is 1. The first-order valence-corrected chi connectivity index (χ1v) is 4.42. The predicted molar refractivity (Wildman–Crippen MR) is 53.3 cm³/mol. The molecule has 4 N–H and O–H groups in total. The van der Waals surface area contributed by atoms with E-state index < -0.39 is 12.0 Å². The van der Waals surface area contributed by atoms with Gasteiger partial charge in [-0.3, -0.25) is 4.79 Å². The van der Waals surface area contributed by atoms with Crippen molar-refractivity contribution in [3.63, 3.8) is 0 Å². The van der Waals surface area contributed by atoms with Crippen LogP contribution in [0.5, 0.6) is 0 Å². The summed E-state index contributed by atoms with van der Waals surface area (Å²) in [6.45, 7) is 0.801. The molecular formula is C10H14N2O2. The fourth-order valence-corrected chi connectivity index (χ4v) is 1.05. The van der Waals surface area contributed by atoms with Crippen LogP contribution in [0.4, 0.5) is 0 Å². The highest BCUT2D eigenvalue weighted by Crippen LogP contribution is 1.96. The van der Waals surface area contributed by atoms with E-state index >= 15 is 0 Å². The second kappa shape index (κ2) is 5.36. The standard InChI is InChI=1S/C10H14N2O2/c11-10(14)9(13)7-12-6-8-4-2-1-3-5-8/h1-5,9,12-13H,6-7H2,(H2,11,14)/t9-/m1/s1. The molecule has 76 valence electrons. The molecule has 0 saturated carbocycles. The lowest BCUT2D eigenvalue weighted by Crippen LogP contribution is -2.37. The lowest BCUT2D eigenvalue weighted by atomic mass is 10.2. The van der Waals surface area contributed by atoms with Crippen LogP contribution in [0.15, 0.2) is 30.3 Å². The summed E-state index contributed by atoms with van der Waals surface area (Å²) in [5.74, 6) is -0.703.